The Balaban J connectivity index is 1.86. The second-order valence-corrected chi connectivity index (χ2v) is 8.57. The highest BCUT2D eigenvalue weighted by molar-refractivity contribution is 6.28. The molecule has 0 bridgehead atoms. The maximum atomic E-state index is 7.22. The average Bonchev–Trinajstić information content (AvgIpc) is 3.15. The fourth-order valence-electron chi connectivity index (χ4n) is 5.07. The molecular formula is C30H21ClO. The molecule has 0 aromatic heterocycles. The van der Waals surface area contributed by atoms with E-state index in [1.807, 2.05) is 6.07 Å². The molecule has 32 heavy (non-hydrogen) atoms. The summed E-state index contributed by atoms with van der Waals surface area (Å²) in [6.07, 6.45) is 0. The molecule has 0 saturated carbocycles. The van der Waals surface area contributed by atoms with E-state index in [1.54, 1.807) is 7.11 Å². The summed E-state index contributed by atoms with van der Waals surface area (Å²) in [6, 6.07) is 36.1. The van der Waals surface area contributed by atoms with Gasteiger partial charge in [-0.3, -0.25) is 0 Å². The fourth-order valence-corrected chi connectivity index (χ4v) is 5.48. The molecule has 0 N–H and O–H groups in total. The molecule has 0 radical (unpaired) electrons. The summed E-state index contributed by atoms with van der Waals surface area (Å²) in [7, 11) is 1.72. The Morgan fingerprint density at radius 3 is 1.94 bits per heavy atom. The van der Waals surface area contributed by atoms with Crippen LogP contribution in [0, 0.1) is 0 Å². The van der Waals surface area contributed by atoms with Crippen molar-refractivity contribution >= 4 is 22.4 Å². The lowest BCUT2D eigenvalue weighted by atomic mass is 9.83. The van der Waals surface area contributed by atoms with E-state index >= 15 is 0 Å². The molecule has 0 heterocycles. The van der Waals surface area contributed by atoms with Gasteiger partial charge >= 0.3 is 0 Å². The van der Waals surface area contributed by atoms with Gasteiger partial charge in [0.15, 0.2) is 0 Å². The molecule has 1 aliphatic rings. The Morgan fingerprint density at radius 1 is 0.625 bits per heavy atom. The molecule has 1 atom stereocenters. The first-order valence-electron chi connectivity index (χ1n) is 10.8. The standard InChI is InChI=1S/C30H21ClO/c1-32-21-16-17-23-25(18-21)27(20-12-6-3-7-13-20)28-22-14-8-9-15-24(22)30(31)29(28)26(23)19-10-4-2-5-11-19/h2-18,30H,1H3. The van der Waals surface area contributed by atoms with Crippen molar-refractivity contribution in [3.8, 4) is 39.1 Å². The number of alkyl halides is 1. The van der Waals surface area contributed by atoms with Gasteiger partial charge in [0.05, 0.1) is 12.5 Å². The molecular weight excluding hydrogens is 412 g/mol. The van der Waals surface area contributed by atoms with Gasteiger partial charge in [-0.15, -0.1) is 11.6 Å². The fraction of sp³-hybridized carbons (Fsp3) is 0.0667. The smallest absolute Gasteiger partial charge is 0.119 e. The molecule has 154 valence electrons. The summed E-state index contributed by atoms with van der Waals surface area (Å²) < 4.78 is 5.64. The highest BCUT2D eigenvalue weighted by Crippen LogP contribution is 2.57. The van der Waals surface area contributed by atoms with Gasteiger partial charge < -0.3 is 4.74 Å². The van der Waals surface area contributed by atoms with Crippen molar-refractivity contribution in [1.82, 2.24) is 0 Å². The largest absolute Gasteiger partial charge is 0.497 e. The van der Waals surface area contributed by atoms with Crippen LogP contribution in [-0.2, 0) is 0 Å². The number of fused-ring (bicyclic) bond motifs is 4. The number of benzene rings is 5. The summed E-state index contributed by atoms with van der Waals surface area (Å²) in [4.78, 5) is 0. The maximum absolute atomic E-state index is 7.22. The Labute approximate surface area is 192 Å². The number of methoxy groups -OCH3 is 1. The SMILES string of the molecule is COc1ccc2c(-c3ccccc3)c3c(c(-c4ccccc4)c2c1)-c1ccccc1C3Cl. The van der Waals surface area contributed by atoms with E-state index in [1.165, 1.54) is 55.3 Å². The molecule has 2 heteroatoms. The Morgan fingerprint density at radius 2 is 1.25 bits per heavy atom. The zero-order valence-corrected chi connectivity index (χ0v) is 18.4. The third-order valence-corrected chi connectivity index (χ3v) is 6.89. The van der Waals surface area contributed by atoms with Crippen molar-refractivity contribution in [1.29, 1.82) is 0 Å². The van der Waals surface area contributed by atoms with Gasteiger partial charge in [0, 0.05) is 0 Å². The van der Waals surface area contributed by atoms with E-state index in [9.17, 15) is 0 Å². The first-order valence-corrected chi connectivity index (χ1v) is 11.2. The monoisotopic (exact) mass is 432 g/mol. The van der Waals surface area contributed by atoms with Crippen LogP contribution in [0.15, 0.2) is 103 Å². The zero-order chi connectivity index (χ0) is 21.7. The minimum atomic E-state index is -0.203. The molecule has 1 aliphatic carbocycles. The first-order chi connectivity index (χ1) is 15.8. The van der Waals surface area contributed by atoms with Crippen LogP contribution in [0.1, 0.15) is 16.5 Å². The summed E-state index contributed by atoms with van der Waals surface area (Å²) in [5, 5.41) is 2.16. The molecule has 1 unspecified atom stereocenters. The van der Waals surface area contributed by atoms with Crippen molar-refractivity contribution in [2.24, 2.45) is 0 Å². The van der Waals surface area contributed by atoms with Crippen LogP contribution in [0.3, 0.4) is 0 Å². The number of rotatable bonds is 3. The second kappa shape index (κ2) is 7.55. The van der Waals surface area contributed by atoms with E-state index < -0.39 is 0 Å². The lowest BCUT2D eigenvalue weighted by molar-refractivity contribution is 0.415. The average molecular weight is 433 g/mol. The molecule has 0 amide bonds. The number of hydrogen-bond donors (Lipinski definition) is 0. The van der Waals surface area contributed by atoms with E-state index in [2.05, 4.69) is 97.1 Å². The van der Waals surface area contributed by atoms with Crippen LogP contribution in [0.25, 0.3) is 44.2 Å². The minimum absolute atomic E-state index is 0.203. The Hall–Kier alpha value is -3.55. The van der Waals surface area contributed by atoms with Crippen LogP contribution in [-0.4, -0.2) is 7.11 Å². The molecule has 6 rings (SSSR count). The summed E-state index contributed by atoms with van der Waals surface area (Å²) in [5.74, 6) is 0.849. The van der Waals surface area contributed by atoms with Gasteiger partial charge in [-0.1, -0.05) is 91.0 Å². The Bertz CT molecular complexity index is 1460. The predicted octanol–water partition coefficient (Wildman–Crippen LogP) is 8.49. The number of halogens is 1. The van der Waals surface area contributed by atoms with Crippen LogP contribution in [0.5, 0.6) is 5.75 Å². The molecule has 5 aromatic carbocycles. The van der Waals surface area contributed by atoms with Crippen LogP contribution >= 0.6 is 11.6 Å². The van der Waals surface area contributed by atoms with Crippen LogP contribution in [0.4, 0.5) is 0 Å². The third-order valence-electron chi connectivity index (χ3n) is 6.44. The minimum Gasteiger partial charge on any atom is -0.497 e. The summed E-state index contributed by atoms with van der Waals surface area (Å²) in [5.41, 5.74) is 9.57. The third kappa shape index (κ3) is 2.78. The van der Waals surface area contributed by atoms with Crippen molar-refractivity contribution in [2.75, 3.05) is 7.11 Å². The highest BCUT2D eigenvalue weighted by atomic mass is 35.5. The van der Waals surface area contributed by atoms with E-state index in [-0.39, 0.29) is 5.38 Å². The van der Waals surface area contributed by atoms with E-state index in [4.69, 9.17) is 16.3 Å². The molecule has 0 saturated heterocycles. The van der Waals surface area contributed by atoms with Crippen molar-refractivity contribution in [3.05, 3.63) is 114 Å². The molecule has 0 spiro atoms. The van der Waals surface area contributed by atoms with Crippen molar-refractivity contribution < 1.29 is 4.74 Å². The zero-order valence-electron chi connectivity index (χ0n) is 17.7. The molecule has 0 aliphatic heterocycles. The number of hydrogen-bond acceptors (Lipinski definition) is 1. The summed E-state index contributed by atoms with van der Waals surface area (Å²) in [6.45, 7) is 0. The van der Waals surface area contributed by atoms with E-state index in [0.29, 0.717) is 0 Å². The van der Waals surface area contributed by atoms with Crippen molar-refractivity contribution in [3.63, 3.8) is 0 Å². The molecule has 1 nitrogen and oxygen atoms in total. The maximum Gasteiger partial charge on any atom is 0.119 e. The quantitative estimate of drug-likeness (QED) is 0.260. The second-order valence-electron chi connectivity index (χ2n) is 8.13. The lowest BCUT2D eigenvalue weighted by Gasteiger charge is -2.21. The number of ether oxygens (including phenoxy) is 1. The Kier molecular flexibility index (Phi) is 4.52. The highest BCUT2D eigenvalue weighted by Gasteiger charge is 2.34. The van der Waals surface area contributed by atoms with Gasteiger partial charge in [0.2, 0.25) is 0 Å². The van der Waals surface area contributed by atoms with Gasteiger partial charge in [-0.2, -0.15) is 0 Å². The van der Waals surface area contributed by atoms with Gasteiger partial charge in [0.25, 0.3) is 0 Å². The van der Waals surface area contributed by atoms with Gasteiger partial charge in [0.1, 0.15) is 5.75 Å². The first kappa shape index (κ1) is 19.2. The normalized spacial score (nSPS) is 14.2. The van der Waals surface area contributed by atoms with Crippen LogP contribution < -0.4 is 4.74 Å². The van der Waals surface area contributed by atoms with E-state index in [0.717, 1.165) is 5.75 Å². The predicted molar refractivity (Wildman–Crippen MR) is 135 cm³/mol. The topological polar surface area (TPSA) is 9.23 Å². The molecule has 0 fully saturated rings. The van der Waals surface area contributed by atoms with Crippen LogP contribution in [0.2, 0.25) is 0 Å². The summed E-state index contributed by atoms with van der Waals surface area (Å²) >= 11 is 7.22. The van der Waals surface area contributed by atoms with Gasteiger partial charge in [-0.25, -0.2) is 0 Å². The lowest BCUT2D eigenvalue weighted by Crippen LogP contribution is -1.97. The molecule has 5 aromatic rings. The van der Waals surface area contributed by atoms with Crippen molar-refractivity contribution in [2.45, 2.75) is 5.38 Å². The van der Waals surface area contributed by atoms with Gasteiger partial charge in [-0.05, 0) is 67.4 Å².